The van der Waals surface area contributed by atoms with Crippen LogP contribution in [0.5, 0.6) is 0 Å². The normalized spacial score (nSPS) is 11.1. The molecule has 0 aliphatic carbocycles. The molecule has 0 aliphatic heterocycles. The van der Waals surface area contributed by atoms with Gasteiger partial charge in [-0.2, -0.15) is 0 Å². The Morgan fingerprint density at radius 1 is 1.25 bits per heavy atom. The fourth-order valence-electron chi connectivity index (χ4n) is 1.85. The van der Waals surface area contributed by atoms with Crippen LogP contribution in [0.25, 0.3) is 0 Å². The molecule has 0 radical (unpaired) electrons. The van der Waals surface area contributed by atoms with Crippen molar-refractivity contribution in [1.82, 2.24) is 4.72 Å². The first-order valence-corrected chi connectivity index (χ1v) is 8.67. The highest BCUT2D eigenvalue weighted by Gasteiger charge is 2.20. The highest BCUT2D eigenvalue weighted by Crippen LogP contribution is 2.23. The molecule has 8 heteroatoms. The number of anilines is 1. The molecule has 0 fully saturated rings. The van der Waals surface area contributed by atoms with Crippen molar-refractivity contribution >= 4 is 33.2 Å². The smallest absolute Gasteiger partial charge is 0.255 e. The highest BCUT2D eigenvalue weighted by atomic mass is 35.5. The molecule has 0 aliphatic rings. The largest absolute Gasteiger partial charge is 0.319 e. The molecule has 0 saturated carbocycles. The molecular weight excluding hydrogens is 355 g/mol. The van der Waals surface area contributed by atoms with E-state index in [1.165, 1.54) is 36.4 Å². The zero-order valence-corrected chi connectivity index (χ0v) is 14.0. The SMILES string of the molecule is C=CCNS(=O)(=O)c1cc(C(=O)Nc2ccccc2F)ccc1Cl. The summed E-state index contributed by atoms with van der Waals surface area (Å²) in [6, 6.07) is 9.42. The molecule has 0 saturated heterocycles. The van der Waals surface area contributed by atoms with Crippen LogP contribution >= 0.6 is 11.6 Å². The average Bonchev–Trinajstić information content (AvgIpc) is 2.55. The lowest BCUT2D eigenvalue weighted by molar-refractivity contribution is 0.102. The van der Waals surface area contributed by atoms with E-state index in [0.717, 1.165) is 6.07 Å². The molecule has 0 bridgehead atoms. The second-order valence-corrected chi connectivity index (χ2v) is 6.86. The van der Waals surface area contributed by atoms with Crippen LogP contribution in [0.3, 0.4) is 0 Å². The molecule has 2 N–H and O–H groups in total. The van der Waals surface area contributed by atoms with Gasteiger partial charge in [-0.05, 0) is 30.3 Å². The number of rotatable bonds is 6. The summed E-state index contributed by atoms with van der Waals surface area (Å²) in [5.41, 5.74) is 0.0215. The summed E-state index contributed by atoms with van der Waals surface area (Å²) in [6.45, 7) is 3.44. The highest BCUT2D eigenvalue weighted by molar-refractivity contribution is 7.89. The molecule has 0 unspecified atom stereocenters. The van der Waals surface area contributed by atoms with Crippen molar-refractivity contribution in [3.05, 3.63) is 71.5 Å². The predicted octanol–water partition coefficient (Wildman–Crippen LogP) is 3.20. The van der Waals surface area contributed by atoms with Gasteiger partial charge < -0.3 is 5.32 Å². The minimum atomic E-state index is -3.90. The molecule has 0 spiro atoms. The maximum Gasteiger partial charge on any atom is 0.255 e. The van der Waals surface area contributed by atoms with Crippen LogP contribution in [0.4, 0.5) is 10.1 Å². The van der Waals surface area contributed by atoms with Crippen LogP contribution in [0, 0.1) is 5.82 Å². The summed E-state index contributed by atoms with van der Waals surface area (Å²) >= 11 is 5.91. The molecule has 2 rings (SSSR count). The van der Waals surface area contributed by atoms with Gasteiger partial charge in [0.15, 0.2) is 0 Å². The van der Waals surface area contributed by atoms with Crippen LogP contribution in [0.2, 0.25) is 5.02 Å². The maximum absolute atomic E-state index is 13.6. The number of benzene rings is 2. The van der Waals surface area contributed by atoms with Gasteiger partial charge in [0.2, 0.25) is 10.0 Å². The Balaban J connectivity index is 2.32. The van der Waals surface area contributed by atoms with Gasteiger partial charge in [-0.25, -0.2) is 17.5 Å². The van der Waals surface area contributed by atoms with Gasteiger partial charge in [-0.15, -0.1) is 6.58 Å². The fourth-order valence-corrected chi connectivity index (χ4v) is 3.38. The Labute approximate surface area is 144 Å². The number of para-hydroxylation sites is 1. The summed E-state index contributed by atoms with van der Waals surface area (Å²) < 4.78 is 40.2. The van der Waals surface area contributed by atoms with Gasteiger partial charge in [-0.1, -0.05) is 29.8 Å². The van der Waals surface area contributed by atoms with E-state index < -0.39 is 21.7 Å². The Kier molecular flexibility index (Phi) is 5.71. The summed E-state index contributed by atoms with van der Waals surface area (Å²) in [7, 11) is -3.90. The van der Waals surface area contributed by atoms with Crippen LogP contribution in [-0.4, -0.2) is 20.9 Å². The third-order valence-electron chi connectivity index (χ3n) is 3.02. The predicted molar refractivity (Wildman–Crippen MR) is 91.2 cm³/mol. The van der Waals surface area contributed by atoms with Crippen molar-refractivity contribution in [2.45, 2.75) is 4.90 Å². The van der Waals surface area contributed by atoms with Crippen LogP contribution in [0.15, 0.2) is 60.0 Å². The molecule has 0 heterocycles. The third-order valence-corrected chi connectivity index (χ3v) is 4.93. The molecule has 0 aromatic heterocycles. The van der Waals surface area contributed by atoms with Gasteiger partial charge in [0.25, 0.3) is 5.91 Å². The molecule has 126 valence electrons. The first kappa shape index (κ1) is 18.1. The number of carbonyl (C=O) groups is 1. The van der Waals surface area contributed by atoms with Crippen molar-refractivity contribution in [3.63, 3.8) is 0 Å². The number of hydrogen-bond donors (Lipinski definition) is 2. The fraction of sp³-hybridized carbons (Fsp3) is 0.0625. The standard InChI is InChI=1S/C16H14ClFN2O3S/c1-2-9-19-24(22,23)15-10-11(7-8-12(15)17)16(21)20-14-6-4-3-5-13(14)18/h2-8,10,19H,1,9H2,(H,20,21). The topological polar surface area (TPSA) is 75.3 Å². The second-order valence-electron chi connectivity index (χ2n) is 4.72. The van der Waals surface area contributed by atoms with Crippen molar-refractivity contribution in [2.75, 3.05) is 11.9 Å². The van der Waals surface area contributed by atoms with E-state index in [1.807, 2.05) is 0 Å². The third kappa shape index (κ3) is 4.19. The van der Waals surface area contributed by atoms with Crippen molar-refractivity contribution in [3.8, 4) is 0 Å². The van der Waals surface area contributed by atoms with Gasteiger partial charge >= 0.3 is 0 Å². The van der Waals surface area contributed by atoms with E-state index in [2.05, 4.69) is 16.6 Å². The summed E-state index contributed by atoms with van der Waals surface area (Å²) in [6.07, 6.45) is 1.38. The van der Waals surface area contributed by atoms with Crippen molar-refractivity contribution < 1.29 is 17.6 Å². The number of nitrogens with one attached hydrogen (secondary N) is 2. The first-order chi connectivity index (χ1) is 11.3. The molecule has 0 atom stereocenters. The summed E-state index contributed by atoms with van der Waals surface area (Å²) in [4.78, 5) is 12.0. The molecule has 2 aromatic rings. The molecular formula is C16H14ClFN2O3S. The number of halogens is 2. The Morgan fingerprint density at radius 3 is 2.62 bits per heavy atom. The number of sulfonamides is 1. The number of hydrogen-bond acceptors (Lipinski definition) is 3. The molecule has 5 nitrogen and oxygen atoms in total. The van der Waals surface area contributed by atoms with E-state index in [-0.39, 0.29) is 27.7 Å². The van der Waals surface area contributed by atoms with Crippen LogP contribution in [-0.2, 0) is 10.0 Å². The van der Waals surface area contributed by atoms with Crippen molar-refractivity contribution in [2.24, 2.45) is 0 Å². The minimum Gasteiger partial charge on any atom is -0.319 e. The van der Waals surface area contributed by atoms with E-state index in [1.54, 1.807) is 6.07 Å². The lowest BCUT2D eigenvalue weighted by Gasteiger charge is -2.10. The quantitative estimate of drug-likeness (QED) is 0.769. The Bertz CT molecular complexity index is 885. The lowest BCUT2D eigenvalue weighted by Crippen LogP contribution is -2.24. The van der Waals surface area contributed by atoms with Crippen LogP contribution < -0.4 is 10.0 Å². The average molecular weight is 369 g/mol. The van der Waals surface area contributed by atoms with E-state index in [9.17, 15) is 17.6 Å². The first-order valence-electron chi connectivity index (χ1n) is 6.81. The maximum atomic E-state index is 13.6. The van der Waals surface area contributed by atoms with E-state index >= 15 is 0 Å². The van der Waals surface area contributed by atoms with Crippen molar-refractivity contribution in [1.29, 1.82) is 0 Å². The minimum absolute atomic E-state index is 0.00774. The van der Waals surface area contributed by atoms with Gasteiger partial charge in [0.05, 0.1) is 10.7 Å². The van der Waals surface area contributed by atoms with E-state index in [4.69, 9.17) is 11.6 Å². The lowest BCUT2D eigenvalue weighted by atomic mass is 10.2. The van der Waals surface area contributed by atoms with Gasteiger partial charge in [-0.3, -0.25) is 4.79 Å². The zero-order chi connectivity index (χ0) is 17.7. The zero-order valence-electron chi connectivity index (χ0n) is 12.4. The second kappa shape index (κ2) is 7.57. The van der Waals surface area contributed by atoms with E-state index in [0.29, 0.717) is 0 Å². The molecule has 24 heavy (non-hydrogen) atoms. The molecule has 1 amide bonds. The number of carbonyl (C=O) groups excluding carboxylic acids is 1. The summed E-state index contributed by atoms with van der Waals surface area (Å²) in [5.74, 6) is -1.25. The Hall–Kier alpha value is -2.22. The van der Waals surface area contributed by atoms with Crippen LogP contribution in [0.1, 0.15) is 10.4 Å². The van der Waals surface area contributed by atoms with Gasteiger partial charge in [0, 0.05) is 12.1 Å². The number of amides is 1. The summed E-state index contributed by atoms with van der Waals surface area (Å²) in [5, 5.41) is 2.35. The Morgan fingerprint density at radius 2 is 1.96 bits per heavy atom. The van der Waals surface area contributed by atoms with Gasteiger partial charge in [0.1, 0.15) is 10.7 Å². The molecule has 2 aromatic carbocycles. The monoisotopic (exact) mass is 368 g/mol.